The molecule has 0 bridgehead atoms. The number of ether oxygens (including phenoxy) is 2. The van der Waals surface area contributed by atoms with Gasteiger partial charge in [0.1, 0.15) is 0 Å². The fraction of sp³-hybridized carbons (Fsp3) is 0.182. The highest BCUT2D eigenvalue weighted by Gasteiger charge is 2.14. The van der Waals surface area contributed by atoms with Crippen LogP contribution in [0, 0.1) is 0 Å². The number of carbonyl (C=O) groups excluding carboxylic acids is 1. The molecule has 0 saturated carbocycles. The van der Waals surface area contributed by atoms with Crippen molar-refractivity contribution in [3.05, 3.63) is 39.6 Å². The van der Waals surface area contributed by atoms with Gasteiger partial charge in [0.15, 0.2) is 0 Å². The van der Waals surface area contributed by atoms with Gasteiger partial charge in [-0.05, 0) is 18.2 Å². The van der Waals surface area contributed by atoms with Gasteiger partial charge >= 0.3 is 5.97 Å². The standard InChI is InChI=1S/C11H10Cl2O3/c1-15-6-5-7-9(12)4-3-8(10(7)13)11(14)16-2/h3-6H,1-2H3. The van der Waals surface area contributed by atoms with Crippen LogP contribution in [0.4, 0.5) is 0 Å². The lowest BCUT2D eigenvalue weighted by molar-refractivity contribution is 0.0601. The molecule has 1 rings (SSSR count). The van der Waals surface area contributed by atoms with Gasteiger partial charge < -0.3 is 9.47 Å². The van der Waals surface area contributed by atoms with Crippen LogP contribution >= 0.6 is 23.2 Å². The summed E-state index contributed by atoms with van der Waals surface area (Å²) in [7, 11) is 2.79. The maximum atomic E-state index is 11.4. The van der Waals surface area contributed by atoms with E-state index < -0.39 is 5.97 Å². The first kappa shape index (κ1) is 12.9. The first-order valence-corrected chi connectivity index (χ1v) is 5.13. The summed E-state index contributed by atoms with van der Waals surface area (Å²) in [5, 5.41) is 0.679. The molecule has 5 heteroatoms. The molecule has 16 heavy (non-hydrogen) atoms. The number of esters is 1. The van der Waals surface area contributed by atoms with E-state index in [1.54, 1.807) is 12.1 Å². The molecule has 3 nitrogen and oxygen atoms in total. The second kappa shape index (κ2) is 5.77. The van der Waals surface area contributed by atoms with Crippen molar-refractivity contribution in [1.29, 1.82) is 0 Å². The van der Waals surface area contributed by atoms with Crippen LogP contribution < -0.4 is 0 Å². The van der Waals surface area contributed by atoms with Gasteiger partial charge in [0.25, 0.3) is 0 Å². The first-order chi connectivity index (χ1) is 7.61. The van der Waals surface area contributed by atoms with Crippen molar-refractivity contribution in [3.63, 3.8) is 0 Å². The zero-order valence-corrected chi connectivity index (χ0v) is 10.3. The Morgan fingerprint density at radius 2 is 2.00 bits per heavy atom. The fourth-order valence-corrected chi connectivity index (χ4v) is 1.70. The number of halogens is 2. The average Bonchev–Trinajstić information content (AvgIpc) is 2.28. The number of rotatable bonds is 3. The lowest BCUT2D eigenvalue weighted by atomic mass is 10.1. The van der Waals surface area contributed by atoms with Gasteiger partial charge in [-0.1, -0.05) is 23.2 Å². The third-order valence-corrected chi connectivity index (χ3v) is 2.64. The number of benzene rings is 1. The van der Waals surface area contributed by atoms with Crippen molar-refractivity contribution in [1.82, 2.24) is 0 Å². The van der Waals surface area contributed by atoms with Crippen molar-refractivity contribution in [2.45, 2.75) is 0 Å². The second-order valence-corrected chi connectivity index (χ2v) is 3.64. The second-order valence-electron chi connectivity index (χ2n) is 2.85. The van der Waals surface area contributed by atoms with E-state index in [0.717, 1.165) is 0 Å². The quantitative estimate of drug-likeness (QED) is 0.618. The molecule has 0 fully saturated rings. The van der Waals surface area contributed by atoms with Gasteiger partial charge in [-0.25, -0.2) is 4.79 Å². The topological polar surface area (TPSA) is 35.5 Å². The van der Waals surface area contributed by atoms with Crippen molar-refractivity contribution in [2.75, 3.05) is 14.2 Å². The number of methoxy groups -OCH3 is 2. The van der Waals surface area contributed by atoms with Crippen LogP contribution in [0.2, 0.25) is 10.0 Å². The van der Waals surface area contributed by atoms with Gasteiger partial charge in [-0.3, -0.25) is 0 Å². The van der Waals surface area contributed by atoms with Gasteiger partial charge in [0.05, 0.1) is 31.1 Å². The molecule has 0 radical (unpaired) electrons. The Balaban J connectivity index is 3.26. The van der Waals surface area contributed by atoms with Crippen LogP contribution in [-0.4, -0.2) is 20.2 Å². The van der Waals surface area contributed by atoms with E-state index in [-0.39, 0.29) is 10.6 Å². The normalized spacial score (nSPS) is 10.5. The summed E-state index contributed by atoms with van der Waals surface area (Å²) in [6.07, 6.45) is 3.01. The maximum Gasteiger partial charge on any atom is 0.339 e. The van der Waals surface area contributed by atoms with Gasteiger partial charge in [-0.2, -0.15) is 0 Å². The van der Waals surface area contributed by atoms with E-state index in [0.29, 0.717) is 10.6 Å². The highest BCUT2D eigenvalue weighted by molar-refractivity contribution is 6.39. The number of carbonyl (C=O) groups is 1. The highest BCUT2D eigenvalue weighted by Crippen LogP contribution is 2.29. The summed E-state index contributed by atoms with van der Waals surface area (Å²) >= 11 is 12.0. The summed E-state index contributed by atoms with van der Waals surface area (Å²) in [5.74, 6) is -0.506. The molecule has 0 aromatic heterocycles. The van der Waals surface area contributed by atoms with E-state index in [4.69, 9.17) is 27.9 Å². The SMILES string of the molecule is COC=Cc1c(Cl)ccc(C(=O)OC)c1Cl. The van der Waals surface area contributed by atoms with Crippen LogP contribution in [0.15, 0.2) is 18.4 Å². The molecule has 0 aliphatic rings. The van der Waals surface area contributed by atoms with Gasteiger partial charge in [0, 0.05) is 10.6 Å². The minimum Gasteiger partial charge on any atom is -0.504 e. The van der Waals surface area contributed by atoms with E-state index in [2.05, 4.69) is 4.74 Å². The Kier molecular flexibility index (Phi) is 4.65. The van der Waals surface area contributed by atoms with Crippen LogP contribution in [0.1, 0.15) is 15.9 Å². The predicted octanol–water partition coefficient (Wildman–Crippen LogP) is 3.40. The minimum atomic E-state index is -0.506. The van der Waals surface area contributed by atoms with Crippen LogP contribution in [0.5, 0.6) is 0 Å². The van der Waals surface area contributed by atoms with E-state index >= 15 is 0 Å². The van der Waals surface area contributed by atoms with Crippen molar-refractivity contribution in [2.24, 2.45) is 0 Å². The third kappa shape index (κ3) is 2.68. The minimum absolute atomic E-state index is 0.243. The predicted molar refractivity (Wildman–Crippen MR) is 63.8 cm³/mol. The highest BCUT2D eigenvalue weighted by atomic mass is 35.5. The zero-order chi connectivity index (χ0) is 12.1. The summed E-state index contributed by atoms with van der Waals surface area (Å²) in [6, 6.07) is 3.09. The summed E-state index contributed by atoms with van der Waals surface area (Å²) in [4.78, 5) is 11.4. The molecule has 0 atom stereocenters. The van der Waals surface area contributed by atoms with Crippen molar-refractivity contribution in [3.8, 4) is 0 Å². The van der Waals surface area contributed by atoms with E-state index in [1.807, 2.05) is 0 Å². The monoisotopic (exact) mass is 260 g/mol. The van der Waals surface area contributed by atoms with Crippen molar-refractivity contribution < 1.29 is 14.3 Å². The Hall–Kier alpha value is -1.19. The van der Waals surface area contributed by atoms with Crippen LogP contribution in [0.25, 0.3) is 6.08 Å². The lowest BCUT2D eigenvalue weighted by Crippen LogP contribution is -2.03. The molecule has 0 amide bonds. The molecule has 0 aliphatic carbocycles. The molecule has 0 saturated heterocycles. The third-order valence-electron chi connectivity index (χ3n) is 1.90. The molecular formula is C11H10Cl2O3. The molecule has 0 heterocycles. The van der Waals surface area contributed by atoms with Crippen LogP contribution in [-0.2, 0) is 9.47 Å². The summed E-state index contributed by atoms with van der Waals surface area (Å²) < 4.78 is 9.36. The average molecular weight is 261 g/mol. The Morgan fingerprint density at radius 3 is 2.56 bits per heavy atom. The fourth-order valence-electron chi connectivity index (χ4n) is 1.13. The smallest absolute Gasteiger partial charge is 0.339 e. The molecule has 1 aromatic rings. The Morgan fingerprint density at radius 1 is 1.31 bits per heavy atom. The number of hydrogen-bond acceptors (Lipinski definition) is 3. The molecule has 0 N–H and O–H groups in total. The van der Waals surface area contributed by atoms with Gasteiger partial charge in [-0.15, -0.1) is 0 Å². The van der Waals surface area contributed by atoms with Gasteiger partial charge in [0.2, 0.25) is 0 Å². The molecule has 0 aliphatic heterocycles. The molecule has 0 spiro atoms. The molecule has 0 unspecified atom stereocenters. The largest absolute Gasteiger partial charge is 0.504 e. The molecule has 1 aromatic carbocycles. The van der Waals surface area contributed by atoms with E-state index in [1.165, 1.54) is 26.5 Å². The lowest BCUT2D eigenvalue weighted by Gasteiger charge is -2.06. The zero-order valence-electron chi connectivity index (χ0n) is 8.79. The van der Waals surface area contributed by atoms with Crippen LogP contribution in [0.3, 0.4) is 0 Å². The number of hydrogen-bond donors (Lipinski definition) is 0. The Bertz CT molecular complexity index is 427. The molecular weight excluding hydrogens is 251 g/mol. The first-order valence-electron chi connectivity index (χ1n) is 4.37. The molecule has 86 valence electrons. The maximum absolute atomic E-state index is 11.4. The van der Waals surface area contributed by atoms with E-state index in [9.17, 15) is 4.79 Å². The Labute approximate surface area is 104 Å². The summed E-state index contributed by atoms with van der Waals surface area (Å²) in [5.41, 5.74) is 0.789. The summed E-state index contributed by atoms with van der Waals surface area (Å²) in [6.45, 7) is 0. The van der Waals surface area contributed by atoms with Crippen molar-refractivity contribution >= 4 is 35.2 Å².